The predicted molar refractivity (Wildman–Crippen MR) is 259 cm³/mol. The third-order valence-corrected chi connectivity index (χ3v) is 8.89. The van der Waals surface area contributed by atoms with E-state index < -0.39 is 36.6 Å². The molecule has 70 heavy (non-hydrogen) atoms. The van der Waals surface area contributed by atoms with Gasteiger partial charge in [-0.1, -0.05) is 55.4 Å². The van der Waals surface area contributed by atoms with Crippen LogP contribution in [0.25, 0.3) is 0 Å². The molecular weight excluding hydrogens is 925 g/mol. The molecule has 6 atom stereocenters. The topological polar surface area (TPSA) is 194 Å². The van der Waals surface area contributed by atoms with Crippen molar-refractivity contribution < 1.29 is 101 Å². The first kappa shape index (κ1) is 69.2. The van der Waals surface area contributed by atoms with E-state index >= 15 is 0 Å². The van der Waals surface area contributed by atoms with E-state index in [0.29, 0.717) is 106 Å². The Kier molecular flexibility index (Phi) is 56.7. The van der Waals surface area contributed by atoms with Gasteiger partial charge in [-0.25, -0.2) is 39.1 Å². The molecule has 0 radical (unpaired) electrons. The van der Waals surface area contributed by atoms with Gasteiger partial charge in [-0.3, -0.25) is 0 Å². The number of ether oxygens (including phenoxy) is 13. The van der Waals surface area contributed by atoms with Crippen LogP contribution in [0.3, 0.4) is 0 Å². The molecule has 0 aliphatic rings. The fraction of sp³-hybridized carbons (Fsp3) is 1.00. The molecular formula is C49H100O21. The van der Waals surface area contributed by atoms with Crippen molar-refractivity contribution in [3.8, 4) is 0 Å². The van der Waals surface area contributed by atoms with Gasteiger partial charge in [0.1, 0.15) is 56.6 Å². The average molecular weight is 1030 g/mol. The lowest BCUT2D eigenvalue weighted by molar-refractivity contribution is -0.374. The van der Waals surface area contributed by atoms with Gasteiger partial charge in [0.15, 0.2) is 0 Å². The summed E-state index contributed by atoms with van der Waals surface area (Å²) in [6.07, 6.45) is 3.11. The highest BCUT2D eigenvalue weighted by molar-refractivity contribution is 4.73. The summed E-state index contributed by atoms with van der Waals surface area (Å²) in [6, 6.07) is 0. The summed E-state index contributed by atoms with van der Waals surface area (Å²) in [6.45, 7) is 24.9. The van der Waals surface area contributed by atoms with Gasteiger partial charge in [-0.2, -0.15) is 0 Å². The van der Waals surface area contributed by atoms with E-state index in [9.17, 15) is 0 Å². The van der Waals surface area contributed by atoms with Gasteiger partial charge in [-0.05, 0) is 51.4 Å². The lowest BCUT2D eigenvalue weighted by Crippen LogP contribution is -2.43. The maximum absolute atomic E-state index is 6.57. The Morgan fingerprint density at radius 2 is 0.557 bits per heavy atom. The van der Waals surface area contributed by atoms with Crippen molar-refractivity contribution in [2.75, 3.05) is 179 Å². The molecule has 0 aliphatic carbocycles. The highest BCUT2D eigenvalue weighted by Gasteiger charge is 2.28. The molecule has 0 N–H and O–H groups in total. The molecule has 21 nitrogen and oxygen atoms in total. The Bertz CT molecular complexity index is 981. The first-order valence-electron chi connectivity index (χ1n) is 26.2. The molecule has 0 amide bonds. The fourth-order valence-corrected chi connectivity index (χ4v) is 5.38. The average Bonchev–Trinajstić information content (AvgIpc) is 3.36. The quantitative estimate of drug-likeness (QED) is 0.0279. The van der Waals surface area contributed by atoms with Crippen LogP contribution < -0.4 is 0 Å². The molecule has 422 valence electrons. The molecule has 0 aromatic carbocycles. The van der Waals surface area contributed by atoms with Gasteiger partial charge >= 0.3 is 0 Å². The van der Waals surface area contributed by atoms with Gasteiger partial charge in [-0.15, -0.1) is 0 Å². The Morgan fingerprint density at radius 1 is 0.214 bits per heavy atom. The summed E-state index contributed by atoms with van der Waals surface area (Å²) in [4.78, 5) is 43.6. The molecule has 0 spiro atoms. The van der Waals surface area contributed by atoms with Crippen LogP contribution in [0.2, 0.25) is 0 Å². The van der Waals surface area contributed by atoms with Crippen molar-refractivity contribution in [2.24, 2.45) is 0 Å². The first-order valence-corrected chi connectivity index (χ1v) is 26.2. The van der Waals surface area contributed by atoms with E-state index in [1.165, 1.54) is 0 Å². The molecule has 0 fully saturated rings. The molecule has 0 rings (SSSR count). The zero-order valence-corrected chi connectivity index (χ0v) is 44.8. The van der Waals surface area contributed by atoms with Crippen molar-refractivity contribution in [3.63, 3.8) is 0 Å². The SMILES string of the molecule is CCCOCCOCC(COCOC(COCC(COCCOCCC)OCCOCCC)C(COCC(COOCCC)OOCCC)OCC(COOCCC)OOCCC)OCCOCCC. The Balaban J connectivity index is 6.48. The first-order chi connectivity index (χ1) is 34.5. The van der Waals surface area contributed by atoms with E-state index in [2.05, 4.69) is 27.7 Å². The third-order valence-electron chi connectivity index (χ3n) is 8.89. The summed E-state index contributed by atoms with van der Waals surface area (Å²) < 4.78 is 78.4. The highest BCUT2D eigenvalue weighted by Crippen LogP contribution is 2.13. The van der Waals surface area contributed by atoms with Crippen molar-refractivity contribution >= 4 is 0 Å². The molecule has 21 heteroatoms. The predicted octanol–water partition coefficient (Wildman–Crippen LogP) is 6.44. The molecule has 6 unspecified atom stereocenters. The van der Waals surface area contributed by atoms with Gasteiger partial charge in [0.2, 0.25) is 0 Å². The molecule has 0 aromatic rings. The Morgan fingerprint density at radius 3 is 1.00 bits per heavy atom. The smallest absolute Gasteiger partial charge is 0.147 e. The minimum Gasteiger partial charge on any atom is -0.379 e. The van der Waals surface area contributed by atoms with Crippen LogP contribution in [-0.4, -0.2) is 215 Å². The zero-order valence-electron chi connectivity index (χ0n) is 44.8. The summed E-state index contributed by atoms with van der Waals surface area (Å²) in [7, 11) is 0. The number of hydrogen-bond acceptors (Lipinski definition) is 21. The second kappa shape index (κ2) is 57.4. The summed E-state index contributed by atoms with van der Waals surface area (Å²) >= 11 is 0. The van der Waals surface area contributed by atoms with E-state index in [1.807, 2.05) is 27.7 Å². The maximum atomic E-state index is 6.57. The Hall–Kier alpha value is -0.840. The maximum Gasteiger partial charge on any atom is 0.147 e. The van der Waals surface area contributed by atoms with Crippen molar-refractivity contribution in [3.05, 3.63) is 0 Å². The zero-order chi connectivity index (χ0) is 51.1. The monoisotopic (exact) mass is 1020 g/mol. The summed E-state index contributed by atoms with van der Waals surface area (Å²) in [5.41, 5.74) is 0. The van der Waals surface area contributed by atoms with Crippen molar-refractivity contribution in [2.45, 2.75) is 143 Å². The molecule has 0 bridgehead atoms. The minimum absolute atomic E-state index is 0.00815. The standard InChI is InChI=1S/C49H100O21/c1-9-17-50-25-27-54-33-44(59-31-29-52-19-11-3)35-56-42-49(62-43-58-36-45(60-32-30-53-20-12-4)34-55-28-26-51-18-10-2)48(61-38-47(70-66-24-16-8)40-68-64-22-14-6)41-57-37-46(69-65-23-15-7)39-67-63-21-13-5/h44-49H,9-43H2,1-8H3. The summed E-state index contributed by atoms with van der Waals surface area (Å²) in [5.74, 6) is 0. The second-order valence-electron chi connectivity index (χ2n) is 16.0. The fourth-order valence-electron chi connectivity index (χ4n) is 5.38. The van der Waals surface area contributed by atoms with Crippen LogP contribution in [-0.2, 0) is 101 Å². The normalized spacial score (nSPS) is 14.6. The van der Waals surface area contributed by atoms with Crippen molar-refractivity contribution in [1.82, 2.24) is 0 Å². The molecule has 0 saturated heterocycles. The number of rotatable bonds is 61. The third kappa shape index (κ3) is 46.9. The van der Waals surface area contributed by atoms with Crippen LogP contribution in [0, 0.1) is 0 Å². The van der Waals surface area contributed by atoms with Crippen LogP contribution in [0.15, 0.2) is 0 Å². The second-order valence-corrected chi connectivity index (χ2v) is 16.0. The van der Waals surface area contributed by atoms with Gasteiger partial charge in [0.05, 0.1) is 132 Å². The lowest BCUT2D eigenvalue weighted by atomic mass is 10.2. The van der Waals surface area contributed by atoms with Gasteiger partial charge < -0.3 is 61.6 Å². The molecule has 0 aliphatic heterocycles. The van der Waals surface area contributed by atoms with Crippen LogP contribution in [0.4, 0.5) is 0 Å². The van der Waals surface area contributed by atoms with Crippen LogP contribution in [0.5, 0.6) is 0 Å². The van der Waals surface area contributed by atoms with Gasteiger partial charge in [0, 0.05) is 26.4 Å². The number of hydrogen-bond donors (Lipinski definition) is 0. The van der Waals surface area contributed by atoms with Crippen LogP contribution >= 0.6 is 0 Å². The molecule has 0 saturated carbocycles. The molecule has 0 aromatic heterocycles. The van der Waals surface area contributed by atoms with Gasteiger partial charge in [0.25, 0.3) is 0 Å². The highest BCUT2D eigenvalue weighted by atomic mass is 17.2. The lowest BCUT2D eigenvalue weighted by Gasteiger charge is -2.30. The van der Waals surface area contributed by atoms with E-state index in [1.54, 1.807) is 0 Å². The Labute approximate surface area is 421 Å². The largest absolute Gasteiger partial charge is 0.379 e. The van der Waals surface area contributed by atoms with Crippen LogP contribution in [0.1, 0.15) is 107 Å². The van der Waals surface area contributed by atoms with Crippen molar-refractivity contribution in [1.29, 1.82) is 0 Å². The van der Waals surface area contributed by atoms with E-state index in [-0.39, 0.29) is 72.9 Å². The van der Waals surface area contributed by atoms with E-state index in [0.717, 1.165) is 51.4 Å². The van der Waals surface area contributed by atoms with E-state index in [4.69, 9.17) is 101 Å². The molecule has 0 heterocycles. The summed E-state index contributed by atoms with van der Waals surface area (Å²) in [5, 5.41) is 0. The minimum atomic E-state index is -0.769.